The summed E-state index contributed by atoms with van der Waals surface area (Å²) in [6.45, 7) is 0.467. The number of hydrogen-bond acceptors (Lipinski definition) is 3. The van der Waals surface area contributed by atoms with Gasteiger partial charge < -0.3 is 5.32 Å². The molecule has 0 aliphatic carbocycles. The van der Waals surface area contributed by atoms with E-state index in [1.807, 2.05) is 53.9 Å². The van der Waals surface area contributed by atoms with Crippen molar-refractivity contribution in [3.05, 3.63) is 64.5 Å². The molecule has 0 aliphatic heterocycles. The zero-order chi connectivity index (χ0) is 13.8. The van der Waals surface area contributed by atoms with E-state index in [1.54, 1.807) is 11.3 Å². The van der Waals surface area contributed by atoms with Crippen molar-refractivity contribution >= 4 is 28.1 Å². The second kappa shape index (κ2) is 5.84. The fourth-order valence-electron chi connectivity index (χ4n) is 2.03. The molecule has 0 radical (unpaired) electrons. The number of aromatic nitrogens is 1. The van der Waals surface area contributed by atoms with Gasteiger partial charge in [-0.2, -0.15) is 0 Å². The van der Waals surface area contributed by atoms with Crippen molar-refractivity contribution in [1.82, 2.24) is 10.3 Å². The normalized spacial score (nSPS) is 10.6. The van der Waals surface area contributed by atoms with Gasteiger partial charge in [-0.1, -0.05) is 30.3 Å². The molecule has 0 aliphatic rings. The molecule has 1 aromatic carbocycles. The lowest BCUT2D eigenvalue weighted by atomic mass is 10.2. The highest BCUT2D eigenvalue weighted by Crippen LogP contribution is 2.12. The monoisotopic (exact) mass is 282 g/mol. The molecule has 0 saturated carbocycles. The predicted molar refractivity (Wildman–Crippen MR) is 81.6 cm³/mol. The Morgan fingerprint density at radius 3 is 2.85 bits per heavy atom. The largest absolute Gasteiger partial charge is 0.350 e. The van der Waals surface area contributed by atoms with E-state index in [4.69, 9.17) is 0 Å². The van der Waals surface area contributed by atoms with E-state index in [0.29, 0.717) is 13.0 Å². The quantitative estimate of drug-likeness (QED) is 0.798. The van der Waals surface area contributed by atoms with Crippen LogP contribution >= 0.6 is 11.3 Å². The van der Waals surface area contributed by atoms with E-state index < -0.39 is 0 Å². The highest BCUT2D eigenvalue weighted by molar-refractivity contribution is 7.10. The number of carbonyl (C=O) groups excluding carboxylic acids is 1. The van der Waals surface area contributed by atoms with Crippen LogP contribution in [0.5, 0.6) is 0 Å². The maximum atomic E-state index is 11.8. The molecule has 0 atom stereocenters. The van der Waals surface area contributed by atoms with Crippen LogP contribution in [0, 0.1) is 0 Å². The van der Waals surface area contributed by atoms with Gasteiger partial charge in [0.15, 0.2) is 0 Å². The van der Waals surface area contributed by atoms with Crippen LogP contribution in [-0.4, -0.2) is 10.9 Å². The van der Waals surface area contributed by atoms with Crippen LogP contribution in [0.25, 0.3) is 10.9 Å². The molecule has 0 spiro atoms. The van der Waals surface area contributed by atoms with Crippen molar-refractivity contribution in [3.63, 3.8) is 0 Å². The predicted octanol–water partition coefficient (Wildman–Crippen LogP) is 3.16. The zero-order valence-electron chi connectivity index (χ0n) is 10.9. The minimum absolute atomic E-state index is 0.0300. The Morgan fingerprint density at radius 2 is 2.00 bits per heavy atom. The maximum absolute atomic E-state index is 11.8. The molecular formula is C16H14N2OS. The summed E-state index contributed by atoms with van der Waals surface area (Å²) in [4.78, 5) is 17.4. The van der Waals surface area contributed by atoms with Crippen molar-refractivity contribution in [3.8, 4) is 0 Å². The first-order valence-electron chi connectivity index (χ1n) is 6.45. The molecule has 2 heterocycles. The SMILES string of the molecule is O=C(Cc1cccs1)NCc1ccc2ccccc2n1. The number of pyridine rings is 1. The van der Waals surface area contributed by atoms with Gasteiger partial charge in [0.05, 0.1) is 24.2 Å². The standard InChI is InChI=1S/C16H14N2OS/c19-16(10-14-5-3-9-20-14)17-11-13-8-7-12-4-1-2-6-15(12)18-13/h1-9H,10-11H2,(H,17,19). The number of amides is 1. The molecule has 3 nitrogen and oxygen atoms in total. The number of para-hydroxylation sites is 1. The van der Waals surface area contributed by atoms with Gasteiger partial charge in [0.25, 0.3) is 0 Å². The van der Waals surface area contributed by atoms with Gasteiger partial charge in [-0.15, -0.1) is 11.3 Å². The first kappa shape index (κ1) is 12.8. The van der Waals surface area contributed by atoms with Crippen LogP contribution in [0.15, 0.2) is 53.9 Å². The van der Waals surface area contributed by atoms with Crippen LogP contribution < -0.4 is 5.32 Å². The summed E-state index contributed by atoms with van der Waals surface area (Å²) in [7, 11) is 0. The average Bonchev–Trinajstić information content (AvgIpc) is 2.98. The van der Waals surface area contributed by atoms with Gasteiger partial charge in [-0.05, 0) is 23.6 Å². The van der Waals surface area contributed by atoms with E-state index in [0.717, 1.165) is 21.5 Å². The summed E-state index contributed by atoms with van der Waals surface area (Å²) < 4.78 is 0. The molecule has 1 N–H and O–H groups in total. The summed E-state index contributed by atoms with van der Waals surface area (Å²) in [6.07, 6.45) is 0.436. The summed E-state index contributed by atoms with van der Waals surface area (Å²) in [6, 6.07) is 15.9. The van der Waals surface area contributed by atoms with Crippen molar-refractivity contribution in [2.24, 2.45) is 0 Å². The Bertz CT molecular complexity index is 722. The molecule has 0 unspecified atom stereocenters. The average molecular weight is 282 g/mol. The van der Waals surface area contributed by atoms with Crippen molar-refractivity contribution in [1.29, 1.82) is 0 Å². The number of rotatable bonds is 4. The van der Waals surface area contributed by atoms with E-state index in [-0.39, 0.29) is 5.91 Å². The summed E-state index contributed by atoms with van der Waals surface area (Å²) >= 11 is 1.60. The Morgan fingerprint density at radius 1 is 1.10 bits per heavy atom. The number of nitrogens with zero attached hydrogens (tertiary/aromatic N) is 1. The lowest BCUT2D eigenvalue weighted by molar-refractivity contribution is -0.120. The van der Waals surface area contributed by atoms with E-state index >= 15 is 0 Å². The second-order valence-electron chi connectivity index (χ2n) is 4.53. The maximum Gasteiger partial charge on any atom is 0.225 e. The molecule has 3 rings (SSSR count). The van der Waals surface area contributed by atoms with Crippen molar-refractivity contribution < 1.29 is 4.79 Å². The minimum atomic E-state index is 0.0300. The lowest BCUT2D eigenvalue weighted by Crippen LogP contribution is -2.24. The van der Waals surface area contributed by atoms with Crippen LogP contribution in [0.3, 0.4) is 0 Å². The first-order chi connectivity index (χ1) is 9.81. The zero-order valence-corrected chi connectivity index (χ0v) is 11.7. The van der Waals surface area contributed by atoms with E-state index in [2.05, 4.69) is 10.3 Å². The Kier molecular flexibility index (Phi) is 3.74. The number of fused-ring (bicyclic) bond motifs is 1. The number of benzene rings is 1. The van der Waals surface area contributed by atoms with Gasteiger partial charge in [0.2, 0.25) is 5.91 Å². The smallest absolute Gasteiger partial charge is 0.225 e. The first-order valence-corrected chi connectivity index (χ1v) is 7.33. The van der Waals surface area contributed by atoms with Crippen molar-refractivity contribution in [2.75, 3.05) is 0 Å². The van der Waals surface area contributed by atoms with Crippen LogP contribution in [-0.2, 0) is 17.8 Å². The number of carbonyl (C=O) groups is 1. The summed E-state index contributed by atoms with van der Waals surface area (Å²) in [5.41, 5.74) is 1.83. The van der Waals surface area contributed by atoms with Gasteiger partial charge in [0.1, 0.15) is 0 Å². The molecule has 100 valence electrons. The van der Waals surface area contributed by atoms with Crippen molar-refractivity contribution in [2.45, 2.75) is 13.0 Å². The van der Waals surface area contributed by atoms with Crippen LogP contribution in [0.2, 0.25) is 0 Å². The Balaban J connectivity index is 1.63. The molecule has 4 heteroatoms. The van der Waals surface area contributed by atoms with E-state index in [1.165, 1.54) is 0 Å². The van der Waals surface area contributed by atoms with Crippen LogP contribution in [0.4, 0.5) is 0 Å². The highest BCUT2D eigenvalue weighted by Gasteiger charge is 2.05. The summed E-state index contributed by atoms with van der Waals surface area (Å²) in [5, 5.41) is 6.00. The molecule has 1 amide bonds. The summed E-state index contributed by atoms with van der Waals surface area (Å²) in [5.74, 6) is 0.0300. The van der Waals surface area contributed by atoms with Gasteiger partial charge in [0, 0.05) is 10.3 Å². The Hall–Kier alpha value is -2.20. The number of thiophene rings is 1. The number of nitrogens with one attached hydrogen (secondary N) is 1. The molecule has 0 bridgehead atoms. The second-order valence-corrected chi connectivity index (χ2v) is 5.56. The third-order valence-corrected chi connectivity index (χ3v) is 3.91. The minimum Gasteiger partial charge on any atom is -0.350 e. The fraction of sp³-hybridized carbons (Fsp3) is 0.125. The van der Waals surface area contributed by atoms with E-state index in [9.17, 15) is 4.79 Å². The third kappa shape index (κ3) is 3.03. The topological polar surface area (TPSA) is 42.0 Å². The Labute approximate surface area is 121 Å². The lowest BCUT2D eigenvalue weighted by Gasteiger charge is -2.05. The van der Waals surface area contributed by atoms with Gasteiger partial charge in [-0.25, -0.2) is 0 Å². The molecule has 3 aromatic rings. The molecular weight excluding hydrogens is 268 g/mol. The molecule has 2 aromatic heterocycles. The molecule has 0 saturated heterocycles. The van der Waals surface area contributed by atoms with Gasteiger partial charge in [-0.3, -0.25) is 9.78 Å². The van der Waals surface area contributed by atoms with Crippen LogP contribution in [0.1, 0.15) is 10.6 Å². The van der Waals surface area contributed by atoms with Gasteiger partial charge >= 0.3 is 0 Å². The third-order valence-electron chi connectivity index (χ3n) is 3.04. The fourth-order valence-corrected chi connectivity index (χ4v) is 2.73. The highest BCUT2D eigenvalue weighted by atomic mass is 32.1. The molecule has 20 heavy (non-hydrogen) atoms. The molecule has 0 fully saturated rings. The number of hydrogen-bond donors (Lipinski definition) is 1.